The van der Waals surface area contributed by atoms with Crippen LogP contribution in [0.25, 0.3) is 0 Å². The molecule has 0 bridgehead atoms. The average Bonchev–Trinajstić information content (AvgIpc) is 2.51. The Morgan fingerprint density at radius 1 is 1.09 bits per heavy atom. The number of anilines is 1. The second-order valence-corrected chi connectivity index (χ2v) is 5.14. The van der Waals surface area contributed by atoms with Gasteiger partial charge in [0.05, 0.1) is 15.6 Å². The number of ether oxygens (including phenoxy) is 1. The molecule has 0 aliphatic carbocycles. The summed E-state index contributed by atoms with van der Waals surface area (Å²) in [5, 5.41) is 2.45. The fraction of sp³-hybridized carbons (Fsp3) is 0.0667. The van der Waals surface area contributed by atoms with Gasteiger partial charge in [-0.3, -0.25) is 4.79 Å². The second-order valence-electron chi connectivity index (χ2n) is 4.35. The van der Waals surface area contributed by atoms with Crippen LogP contribution in [-0.2, 0) is 9.53 Å². The molecule has 2 aromatic carbocycles. The molecule has 8 heteroatoms. The Kier molecular flexibility index (Phi) is 5.52. The van der Waals surface area contributed by atoms with Crippen molar-refractivity contribution in [2.24, 2.45) is 0 Å². The lowest BCUT2D eigenvalue weighted by Gasteiger charge is -2.08. The van der Waals surface area contributed by atoms with Gasteiger partial charge < -0.3 is 10.1 Å². The average molecular weight is 360 g/mol. The molecule has 4 nitrogen and oxygen atoms in total. The lowest BCUT2D eigenvalue weighted by Crippen LogP contribution is -2.21. The predicted molar refractivity (Wildman–Crippen MR) is 81.7 cm³/mol. The number of nitrogens with one attached hydrogen (secondary N) is 1. The van der Waals surface area contributed by atoms with Crippen molar-refractivity contribution in [3.8, 4) is 0 Å². The molecule has 2 rings (SSSR count). The highest BCUT2D eigenvalue weighted by Gasteiger charge is 2.15. The highest BCUT2D eigenvalue weighted by Crippen LogP contribution is 2.26. The van der Waals surface area contributed by atoms with Crippen LogP contribution < -0.4 is 5.32 Å². The van der Waals surface area contributed by atoms with E-state index in [2.05, 4.69) is 5.32 Å². The molecule has 0 fully saturated rings. The summed E-state index contributed by atoms with van der Waals surface area (Å²) >= 11 is 11.6. The van der Waals surface area contributed by atoms with Crippen LogP contribution in [0.3, 0.4) is 0 Å². The van der Waals surface area contributed by atoms with Crippen LogP contribution >= 0.6 is 23.2 Å². The molecule has 1 amide bonds. The van der Waals surface area contributed by atoms with Crippen molar-refractivity contribution < 1.29 is 23.1 Å². The van der Waals surface area contributed by atoms with Crippen molar-refractivity contribution in [3.63, 3.8) is 0 Å². The van der Waals surface area contributed by atoms with Crippen molar-refractivity contribution in [2.45, 2.75) is 0 Å². The molecule has 23 heavy (non-hydrogen) atoms. The summed E-state index contributed by atoms with van der Waals surface area (Å²) in [6.45, 7) is -0.624. The second kappa shape index (κ2) is 7.39. The molecule has 120 valence electrons. The number of rotatable bonds is 4. The van der Waals surface area contributed by atoms with Crippen LogP contribution in [0, 0.1) is 11.6 Å². The van der Waals surface area contributed by atoms with Crippen molar-refractivity contribution in [3.05, 3.63) is 63.6 Å². The van der Waals surface area contributed by atoms with E-state index in [1.165, 1.54) is 24.3 Å². The molecule has 2 aromatic rings. The van der Waals surface area contributed by atoms with Crippen LogP contribution in [0.4, 0.5) is 14.5 Å². The Labute approximate surface area is 140 Å². The number of esters is 1. The zero-order chi connectivity index (χ0) is 17.0. The van der Waals surface area contributed by atoms with Gasteiger partial charge in [-0.25, -0.2) is 13.6 Å². The van der Waals surface area contributed by atoms with E-state index in [1.54, 1.807) is 0 Å². The van der Waals surface area contributed by atoms with E-state index in [0.717, 1.165) is 12.1 Å². The molecule has 0 spiro atoms. The first kappa shape index (κ1) is 17.2. The van der Waals surface area contributed by atoms with Gasteiger partial charge in [-0.2, -0.15) is 0 Å². The maximum atomic E-state index is 13.0. The van der Waals surface area contributed by atoms with Crippen LogP contribution in [0.5, 0.6) is 0 Å². The maximum Gasteiger partial charge on any atom is 0.340 e. The molecule has 0 aliphatic rings. The molecule has 0 aromatic heterocycles. The van der Waals surface area contributed by atoms with Crippen molar-refractivity contribution >= 4 is 40.8 Å². The summed E-state index contributed by atoms with van der Waals surface area (Å²) in [5.74, 6) is -3.70. The van der Waals surface area contributed by atoms with E-state index in [9.17, 15) is 18.4 Å². The maximum absolute atomic E-state index is 13.0. The number of hydrogen-bond acceptors (Lipinski definition) is 3. The number of carbonyl (C=O) groups is 2. The van der Waals surface area contributed by atoms with Crippen LogP contribution in [-0.4, -0.2) is 18.5 Å². The third-order valence-electron chi connectivity index (χ3n) is 2.71. The van der Waals surface area contributed by atoms with E-state index in [-0.39, 0.29) is 21.3 Å². The number of halogens is 4. The van der Waals surface area contributed by atoms with Gasteiger partial charge in [0.25, 0.3) is 5.91 Å². The zero-order valence-corrected chi connectivity index (χ0v) is 12.9. The number of amides is 1. The number of hydrogen-bond donors (Lipinski definition) is 1. The molecule has 1 N–H and O–H groups in total. The Balaban J connectivity index is 1.94. The van der Waals surface area contributed by atoms with Gasteiger partial charge in [0.2, 0.25) is 0 Å². The largest absolute Gasteiger partial charge is 0.452 e. The quantitative estimate of drug-likeness (QED) is 0.837. The first-order valence-electron chi connectivity index (χ1n) is 6.24. The van der Waals surface area contributed by atoms with E-state index in [1.807, 2.05) is 0 Å². The summed E-state index contributed by atoms with van der Waals surface area (Å²) < 4.78 is 30.6. The highest BCUT2D eigenvalue weighted by atomic mass is 35.5. The minimum Gasteiger partial charge on any atom is -0.452 e. The van der Waals surface area contributed by atoms with Gasteiger partial charge >= 0.3 is 5.97 Å². The fourth-order valence-corrected chi connectivity index (χ4v) is 2.02. The topological polar surface area (TPSA) is 55.4 Å². The van der Waals surface area contributed by atoms with Gasteiger partial charge in [-0.1, -0.05) is 29.3 Å². The van der Waals surface area contributed by atoms with Crippen molar-refractivity contribution in [2.75, 3.05) is 11.9 Å². The normalized spacial score (nSPS) is 10.3. The lowest BCUT2D eigenvalue weighted by atomic mass is 10.2. The molecule has 0 saturated heterocycles. The molecule has 0 heterocycles. The lowest BCUT2D eigenvalue weighted by molar-refractivity contribution is -0.119. The van der Waals surface area contributed by atoms with Gasteiger partial charge in [0, 0.05) is 11.8 Å². The standard InChI is InChI=1S/C15H9Cl2F2NO3/c16-10-3-1-2-9(14(10)17)15(22)23-7-13(21)20-8-4-5-11(18)12(19)6-8/h1-6H,7H2,(H,20,21). The minimum absolute atomic E-state index is 0.0137. The summed E-state index contributed by atoms with van der Waals surface area (Å²) in [6.07, 6.45) is 0. The Morgan fingerprint density at radius 3 is 2.52 bits per heavy atom. The highest BCUT2D eigenvalue weighted by molar-refractivity contribution is 6.43. The van der Waals surface area contributed by atoms with Crippen molar-refractivity contribution in [1.82, 2.24) is 0 Å². The van der Waals surface area contributed by atoms with E-state index < -0.39 is 30.1 Å². The molecular formula is C15H9Cl2F2NO3. The fourth-order valence-electron chi connectivity index (χ4n) is 1.64. The van der Waals surface area contributed by atoms with E-state index in [0.29, 0.717) is 0 Å². The molecular weight excluding hydrogens is 351 g/mol. The van der Waals surface area contributed by atoms with Crippen LogP contribution in [0.2, 0.25) is 10.0 Å². The zero-order valence-electron chi connectivity index (χ0n) is 11.4. The Morgan fingerprint density at radius 2 is 1.83 bits per heavy atom. The first-order valence-corrected chi connectivity index (χ1v) is 7.00. The van der Waals surface area contributed by atoms with Crippen molar-refractivity contribution in [1.29, 1.82) is 0 Å². The van der Waals surface area contributed by atoms with Crippen LogP contribution in [0.15, 0.2) is 36.4 Å². The molecule has 0 saturated carbocycles. The van der Waals surface area contributed by atoms with E-state index in [4.69, 9.17) is 27.9 Å². The van der Waals surface area contributed by atoms with Gasteiger partial charge in [0.15, 0.2) is 18.2 Å². The van der Waals surface area contributed by atoms with Crippen LogP contribution in [0.1, 0.15) is 10.4 Å². The third kappa shape index (κ3) is 4.40. The van der Waals surface area contributed by atoms with Gasteiger partial charge in [0.1, 0.15) is 0 Å². The number of carbonyl (C=O) groups excluding carboxylic acids is 2. The smallest absolute Gasteiger partial charge is 0.340 e. The summed E-state index contributed by atoms with van der Waals surface area (Å²) in [4.78, 5) is 23.5. The third-order valence-corrected chi connectivity index (χ3v) is 3.53. The SMILES string of the molecule is O=C(COC(=O)c1cccc(Cl)c1Cl)Nc1ccc(F)c(F)c1. The monoisotopic (exact) mass is 359 g/mol. The Hall–Kier alpha value is -2.18. The molecule has 0 unspecified atom stereocenters. The molecule has 0 aliphatic heterocycles. The molecule has 0 radical (unpaired) electrons. The Bertz CT molecular complexity index is 768. The molecule has 0 atom stereocenters. The summed E-state index contributed by atoms with van der Waals surface area (Å²) in [7, 11) is 0. The first-order chi connectivity index (χ1) is 10.9. The van der Waals surface area contributed by atoms with E-state index >= 15 is 0 Å². The summed E-state index contributed by atoms with van der Waals surface area (Å²) in [6, 6.07) is 7.24. The minimum atomic E-state index is -1.11. The predicted octanol–water partition coefficient (Wildman–Crippen LogP) is 4.07. The summed E-state index contributed by atoms with van der Waals surface area (Å²) in [5.41, 5.74) is 0.0468. The number of benzene rings is 2. The van der Waals surface area contributed by atoms with Gasteiger partial charge in [-0.05, 0) is 24.3 Å². The van der Waals surface area contributed by atoms with Gasteiger partial charge in [-0.15, -0.1) is 0 Å².